The molecule has 0 bridgehead atoms. The van der Waals surface area contributed by atoms with Crippen LogP contribution in [0.2, 0.25) is 0 Å². The van der Waals surface area contributed by atoms with Crippen LogP contribution in [0, 0.1) is 13.8 Å². The fraction of sp³-hybridized carbons (Fsp3) is 0.278. The molecule has 0 atom stereocenters. The molecule has 3 heteroatoms. The molecule has 0 saturated heterocycles. The number of rotatable bonds is 6. The molecule has 0 aliphatic heterocycles. The molecule has 3 nitrogen and oxygen atoms in total. The number of Topliss-reactive ketones (excluding diaryl/α,β-unsaturated/α-hetero) is 1. The average molecular weight is 284 g/mol. The van der Waals surface area contributed by atoms with Gasteiger partial charge in [0.25, 0.3) is 0 Å². The number of aryl methyl sites for hydroxylation is 2. The van der Waals surface area contributed by atoms with Crippen molar-refractivity contribution in [3.05, 3.63) is 59.2 Å². The number of benzene rings is 2. The van der Waals surface area contributed by atoms with Crippen molar-refractivity contribution in [1.29, 1.82) is 0 Å². The van der Waals surface area contributed by atoms with Gasteiger partial charge in [-0.05, 0) is 62.2 Å². The number of ether oxygens (including phenoxy) is 2. The first kappa shape index (κ1) is 15.1. The van der Waals surface area contributed by atoms with Gasteiger partial charge >= 0.3 is 0 Å². The van der Waals surface area contributed by atoms with Gasteiger partial charge in [-0.15, -0.1) is 0 Å². The minimum atomic E-state index is -0.0426. The molecule has 0 N–H and O–H groups in total. The molecule has 2 aromatic carbocycles. The van der Waals surface area contributed by atoms with Crippen LogP contribution >= 0.6 is 0 Å². The van der Waals surface area contributed by atoms with Gasteiger partial charge in [0.2, 0.25) is 0 Å². The van der Waals surface area contributed by atoms with Crippen molar-refractivity contribution in [2.24, 2.45) is 0 Å². The fourth-order valence-corrected chi connectivity index (χ4v) is 1.99. The van der Waals surface area contributed by atoms with Gasteiger partial charge in [-0.3, -0.25) is 4.79 Å². The van der Waals surface area contributed by atoms with Crippen molar-refractivity contribution in [3.8, 4) is 11.5 Å². The summed E-state index contributed by atoms with van der Waals surface area (Å²) >= 11 is 0. The second kappa shape index (κ2) is 6.93. The Bertz CT molecular complexity index is 615. The summed E-state index contributed by atoms with van der Waals surface area (Å²) in [7, 11) is 0. The van der Waals surface area contributed by atoms with E-state index in [2.05, 4.69) is 0 Å². The fourth-order valence-electron chi connectivity index (χ4n) is 1.99. The van der Waals surface area contributed by atoms with E-state index in [4.69, 9.17) is 9.47 Å². The number of carbonyl (C=O) groups is 1. The molecule has 0 heterocycles. The van der Waals surface area contributed by atoms with Crippen molar-refractivity contribution in [2.45, 2.75) is 20.8 Å². The lowest BCUT2D eigenvalue weighted by Crippen LogP contribution is -2.12. The summed E-state index contributed by atoms with van der Waals surface area (Å²) in [6.07, 6.45) is 0. The molecular weight excluding hydrogens is 264 g/mol. The lowest BCUT2D eigenvalue weighted by Gasteiger charge is -2.09. The average Bonchev–Trinajstić information content (AvgIpc) is 2.49. The Morgan fingerprint density at radius 2 is 1.71 bits per heavy atom. The van der Waals surface area contributed by atoms with Crippen LogP contribution in [0.4, 0.5) is 0 Å². The maximum Gasteiger partial charge on any atom is 0.200 e. The maximum atomic E-state index is 12.1. The van der Waals surface area contributed by atoms with Crippen LogP contribution in [0.3, 0.4) is 0 Å². The molecule has 0 radical (unpaired) electrons. The van der Waals surface area contributed by atoms with Crippen molar-refractivity contribution < 1.29 is 14.3 Å². The Morgan fingerprint density at radius 1 is 1.00 bits per heavy atom. The molecule has 0 amide bonds. The van der Waals surface area contributed by atoms with Crippen LogP contribution in [0.25, 0.3) is 0 Å². The topological polar surface area (TPSA) is 35.5 Å². The van der Waals surface area contributed by atoms with Gasteiger partial charge in [0.05, 0.1) is 6.61 Å². The third-order valence-electron chi connectivity index (χ3n) is 3.19. The van der Waals surface area contributed by atoms with Crippen LogP contribution < -0.4 is 9.47 Å². The number of hydrogen-bond acceptors (Lipinski definition) is 3. The predicted molar refractivity (Wildman–Crippen MR) is 83.4 cm³/mol. The summed E-state index contributed by atoms with van der Waals surface area (Å²) in [5.74, 6) is 1.48. The van der Waals surface area contributed by atoms with Crippen molar-refractivity contribution >= 4 is 5.78 Å². The molecule has 2 aromatic rings. The molecule has 2 rings (SSSR count). The van der Waals surface area contributed by atoms with Crippen LogP contribution in [-0.4, -0.2) is 19.0 Å². The minimum Gasteiger partial charge on any atom is -0.494 e. The van der Waals surface area contributed by atoms with E-state index in [-0.39, 0.29) is 12.4 Å². The first-order valence-corrected chi connectivity index (χ1v) is 7.06. The molecule has 21 heavy (non-hydrogen) atoms. The van der Waals surface area contributed by atoms with Crippen molar-refractivity contribution in [1.82, 2.24) is 0 Å². The number of hydrogen-bond donors (Lipinski definition) is 0. The van der Waals surface area contributed by atoms with Crippen LogP contribution in [0.5, 0.6) is 11.5 Å². The van der Waals surface area contributed by atoms with E-state index in [1.165, 1.54) is 0 Å². The maximum absolute atomic E-state index is 12.1. The van der Waals surface area contributed by atoms with Gasteiger partial charge in [-0.1, -0.05) is 12.1 Å². The largest absolute Gasteiger partial charge is 0.494 e. The standard InChI is InChI=1S/C18H20O3/c1-4-20-16-9-7-15(8-10-16)17(19)12-21-18-11-13(2)5-6-14(18)3/h5-11H,4,12H2,1-3H3. The zero-order valence-corrected chi connectivity index (χ0v) is 12.7. The van der Waals surface area contributed by atoms with Gasteiger partial charge in [0.1, 0.15) is 11.5 Å². The monoisotopic (exact) mass is 284 g/mol. The lowest BCUT2D eigenvalue weighted by atomic mass is 10.1. The van der Waals surface area contributed by atoms with Crippen LogP contribution in [0.15, 0.2) is 42.5 Å². The van der Waals surface area contributed by atoms with E-state index in [9.17, 15) is 4.79 Å². The lowest BCUT2D eigenvalue weighted by molar-refractivity contribution is 0.0921. The molecule has 0 spiro atoms. The van der Waals surface area contributed by atoms with Gasteiger partial charge in [-0.25, -0.2) is 0 Å². The highest BCUT2D eigenvalue weighted by Crippen LogP contribution is 2.19. The molecule has 0 aliphatic rings. The quantitative estimate of drug-likeness (QED) is 0.753. The smallest absolute Gasteiger partial charge is 0.200 e. The van der Waals surface area contributed by atoms with Gasteiger partial charge in [0.15, 0.2) is 12.4 Å². The molecular formula is C18H20O3. The third-order valence-corrected chi connectivity index (χ3v) is 3.19. The highest BCUT2D eigenvalue weighted by molar-refractivity contribution is 5.97. The van der Waals surface area contributed by atoms with Crippen LogP contribution in [-0.2, 0) is 0 Å². The van der Waals surface area contributed by atoms with Gasteiger partial charge in [0, 0.05) is 5.56 Å². The highest BCUT2D eigenvalue weighted by Gasteiger charge is 2.08. The summed E-state index contributed by atoms with van der Waals surface area (Å²) in [6, 6.07) is 13.1. The van der Waals surface area contributed by atoms with E-state index in [0.717, 1.165) is 22.6 Å². The summed E-state index contributed by atoms with van der Waals surface area (Å²) < 4.78 is 11.0. The molecule has 0 fully saturated rings. The van der Waals surface area contributed by atoms with E-state index in [1.807, 2.05) is 39.0 Å². The first-order chi connectivity index (χ1) is 10.1. The zero-order chi connectivity index (χ0) is 15.2. The Hall–Kier alpha value is -2.29. The summed E-state index contributed by atoms with van der Waals surface area (Å²) in [6.45, 7) is 6.55. The van der Waals surface area contributed by atoms with Crippen molar-refractivity contribution in [3.63, 3.8) is 0 Å². The Kier molecular flexibility index (Phi) is 4.99. The second-order valence-electron chi connectivity index (χ2n) is 4.94. The van der Waals surface area contributed by atoms with E-state index >= 15 is 0 Å². The van der Waals surface area contributed by atoms with Crippen molar-refractivity contribution in [2.75, 3.05) is 13.2 Å². The third kappa shape index (κ3) is 4.09. The second-order valence-corrected chi connectivity index (χ2v) is 4.94. The SMILES string of the molecule is CCOc1ccc(C(=O)COc2cc(C)ccc2C)cc1. The summed E-state index contributed by atoms with van der Waals surface area (Å²) in [5.41, 5.74) is 2.77. The number of carbonyl (C=O) groups excluding carboxylic acids is 1. The molecule has 110 valence electrons. The Labute approximate surface area is 125 Å². The van der Waals surface area contributed by atoms with Crippen LogP contribution in [0.1, 0.15) is 28.4 Å². The number of ketones is 1. The van der Waals surface area contributed by atoms with E-state index in [0.29, 0.717) is 12.2 Å². The van der Waals surface area contributed by atoms with E-state index in [1.54, 1.807) is 24.3 Å². The van der Waals surface area contributed by atoms with E-state index < -0.39 is 0 Å². The highest BCUT2D eigenvalue weighted by atomic mass is 16.5. The summed E-state index contributed by atoms with van der Waals surface area (Å²) in [5, 5.41) is 0. The molecule has 0 saturated carbocycles. The first-order valence-electron chi connectivity index (χ1n) is 7.06. The Balaban J connectivity index is 1.99. The normalized spacial score (nSPS) is 10.2. The minimum absolute atomic E-state index is 0.0400. The van der Waals surface area contributed by atoms with Gasteiger partial charge < -0.3 is 9.47 Å². The summed E-state index contributed by atoms with van der Waals surface area (Å²) in [4.78, 5) is 12.1. The van der Waals surface area contributed by atoms with Gasteiger partial charge in [-0.2, -0.15) is 0 Å². The Morgan fingerprint density at radius 3 is 2.38 bits per heavy atom. The molecule has 0 aromatic heterocycles. The predicted octanol–water partition coefficient (Wildman–Crippen LogP) is 3.96. The molecule has 0 aliphatic carbocycles. The molecule has 0 unspecified atom stereocenters. The zero-order valence-electron chi connectivity index (χ0n) is 12.7.